The predicted octanol–water partition coefficient (Wildman–Crippen LogP) is 4.45. The van der Waals surface area contributed by atoms with Gasteiger partial charge in [-0.1, -0.05) is 31.4 Å². The second-order valence-corrected chi connectivity index (χ2v) is 6.36. The number of ether oxygens (including phenoxy) is 1. The number of nitrogens with two attached hydrogens (primary N) is 1. The second kappa shape index (κ2) is 5.83. The van der Waals surface area contributed by atoms with Crippen LogP contribution in [-0.2, 0) is 0 Å². The number of thiazole rings is 1. The van der Waals surface area contributed by atoms with Crippen LogP contribution < -0.4 is 10.5 Å². The summed E-state index contributed by atoms with van der Waals surface area (Å²) >= 11 is 1.65. The van der Waals surface area contributed by atoms with Crippen LogP contribution in [-0.4, -0.2) is 12.1 Å². The number of para-hydroxylation sites is 1. The molecule has 0 aliphatic heterocycles. The molecule has 1 fully saturated rings. The number of hydrogen-bond donors (Lipinski definition) is 1. The van der Waals surface area contributed by atoms with Crippen molar-refractivity contribution in [1.29, 1.82) is 0 Å². The molecule has 0 bridgehead atoms. The van der Waals surface area contributed by atoms with Gasteiger partial charge in [-0.2, -0.15) is 0 Å². The fraction of sp³-hybridized carbons (Fsp3) is 0.438. The fourth-order valence-electron chi connectivity index (χ4n) is 2.91. The molecular weight excluding hydrogens is 268 g/mol. The number of aromatic nitrogens is 1. The summed E-state index contributed by atoms with van der Waals surface area (Å²) in [7, 11) is 1.68. The molecule has 2 N–H and O–H groups in total. The highest BCUT2D eigenvalue weighted by Crippen LogP contribution is 2.41. The van der Waals surface area contributed by atoms with Crippen molar-refractivity contribution in [2.45, 2.75) is 38.0 Å². The molecule has 106 valence electrons. The zero-order valence-corrected chi connectivity index (χ0v) is 12.6. The molecule has 1 heterocycles. The monoisotopic (exact) mass is 288 g/mol. The molecule has 20 heavy (non-hydrogen) atoms. The Bertz CT molecular complexity index is 588. The molecule has 1 aromatic heterocycles. The van der Waals surface area contributed by atoms with E-state index < -0.39 is 0 Å². The minimum atomic E-state index is 0.597. The first-order valence-electron chi connectivity index (χ1n) is 7.19. The number of nitrogen functional groups attached to an aromatic ring is 1. The Morgan fingerprint density at radius 2 is 1.95 bits per heavy atom. The zero-order chi connectivity index (χ0) is 13.9. The van der Waals surface area contributed by atoms with Gasteiger partial charge >= 0.3 is 0 Å². The van der Waals surface area contributed by atoms with Crippen molar-refractivity contribution in [2.24, 2.45) is 0 Å². The van der Waals surface area contributed by atoms with Gasteiger partial charge in [-0.15, -0.1) is 11.3 Å². The Kier molecular flexibility index (Phi) is 3.92. The Labute approximate surface area is 123 Å². The highest BCUT2D eigenvalue weighted by Gasteiger charge is 2.22. The molecule has 2 aromatic rings. The number of rotatable bonds is 3. The molecular formula is C16H20N2OS. The second-order valence-electron chi connectivity index (χ2n) is 5.30. The maximum absolute atomic E-state index is 6.20. The molecule has 0 saturated heterocycles. The fourth-order valence-corrected chi connectivity index (χ4v) is 3.92. The van der Waals surface area contributed by atoms with E-state index in [1.54, 1.807) is 18.4 Å². The summed E-state index contributed by atoms with van der Waals surface area (Å²) in [6.07, 6.45) is 6.48. The normalized spacial score (nSPS) is 16.2. The van der Waals surface area contributed by atoms with Gasteiger partial charge in [-0.25, -0.2) is 4.98 Å². The van der Waals surface area contributed by atoms with Gasteiger partial charge in [0.05, 0.1) is 12.1 Å². The van der Waals surface area contributed by atoms with E-state index in [2.05, 4.69) is 0 Å². The van der Waals surface area contributed by atoms with Crippen molar-refractivity contribution in [2.75, 3.05) is 12.8 Å². The van der Waals surface area contributed by atoms with Gasteiger partial charge in [-0.05, 0) is 25.0 Å². The van der Waals surface area contributed by atoms with E-state index in [4.69, 9.17) is 15.5 Å². The number of methoxy groups -OCH3 is 1. The minimum Gasteiger partial charge on any atom is -0.496 e. The summed E-state index contributed by atoms with van der Waals surface area (Å²) < 4.78 is 5.42. The van der Waals surface area contributed by atoms with Crippen molar-refractivity contribution in [1.82, 2.24) is 4.98 Å². The van der Waals surface area contributed by atoms with Crippen LogP contribution in [0.2, 0.25) is 0 Å². The Hall–Kier alpha value is -1.55. The first-order chi connectivity index (χ1) is 9.79. The van der Waals surface area contributed by atoms with Gasteiger partial charge in [0.15, 0.2) is 0 Å². The maximum atomic E-state index is 6.20. The van der Waals surface area contributed by atoms with Gasteiger partial charge in [0, 0.05) is 11.5 Å². The van der Waals surface area contributed by atoms with E-state index in [0.717, 1.165) is 22.0 Å². The average molecular weight is 288 g/mol. The highest BCUT2D eigenvalue weighted by molar-refractivity contribution is 7.16. The third-order valence-electron chi connectivity index (χ3n) is 3.99. The zero-order valence-electron chi connectivity index (χ0n) is 11.8. The van der Waals surface area contributed by atoms with Gasteiger partial charge in [0.2, 0.25) is 0 Å². The number of hydrogen-bond acceptors (Lipinski definition) is 4. The lowest BCUT2D eigenvalue weighted by molar-refractivity contribution is 0.416. The molecule has 1 saturated carbocycles. The van der Waals surface area contributed by atoms with Crippen LogP contribution in [0.4, 0.5) is 5.00 Å². The quantitative estimate of drug-likeness (QED) is 0.907. The summed E-state index contributed by atoms with van der Waals surface area (Å²) in [5.74, 6) is 1.43. The van der Waals surface area contributed by atoms with E-state index in [1.165, 1.54) is 37.1 Å². The predicted molar refractivity (Wildman–Crippen MR) is 84.3 cm³/mol. The Morgan fingerprint density at radius 3 is 2.70 bits per heavy atom. The van der Waals surface area contributed by atoms with Crippen LogP contribution in [0.25, 0.3) is 11.3 Å². The highest BCUT2D eigenvalue weighted by atomic mass is 32.1. The lowest BCUT2D eigenvalue weighted by atomic mass is 9.90. The molecule has 0 radical (unpaired) electrons. The van der Waals surface area contributed by atoms with Gasteiger partial charge < -0.3 is 10.5 Å². The van der Waals surface area contributed by atoms with E-state index in [9.17, 15) is 0 Å². The van der Waals surface area contributed by atoms with E-state index in [1.807, 2.05) is 24.3 Å². The third kappa shape index (κ3) is 2.52. The number of anilines is 1. The lowest BCUT2D eigenvalue weighted by Crippen LogP contribution is -2.03. The van der Waals surface area contributed by atoms with E-state index in [0.29, 0.717) is 5.92 Å². The summed E-state index contributed by atoms with van der Waals surface area (Å²) in [5.41, 5.74) is 8.08. The first kappa shape index (κ1) is 13.4. The van der Waals surface area contributed by atoms with Crippen molar-refractivity contribution in [3.8, 4) is 17.0 Å². The standard InChI is InChI=1S/C16H20N2OS/c1-19-13-10-6-5-9-12(13)14-15(17)20-16(18-14)11-7-3-2-4-8-11/h5-6,9-11H,2-4,7-8,17H2,1H3. The summed E-state index contributed by atoms with van der Waals surface area (Å²) in [4.78, 5) is 4.83. The van der Waals surface area contributed by atoms with E-state index >= 15 is 0 Å². The van der Waals surface area contributed by atoms with Crippen molar-refractivity contribution < 1.29 is 4.74 Å². The largest absolute Gasteiger partial charge is 0.496 e. The SMILES string of the molecule is COc1ccccc1-c1nc(C2CCCCC2)sc1N. The van der Waals surface area contributed by atoms with Gasteiger partial charge in [0.1, 0.15) is 16.4 Å². The number of benzene rings is 1. The van der Waals surface area contributed by atoms with Crippen LogP contribution in [0.3, 0.4) is 0 Å². The molecule has 1 aliphatic carbocycles. The number of nitrogens with zero attached hydrogens (tertiary/aromatic N) is 1. The molecule has 4 heteroatoms. The van der Waals surface area contributed by atoms with Gasteiger partial charge in [0.25, 0.3) is 0 Å². The van der Waals surface area contributed by atoms with Crippen LogP contribution in [0.5, 0.6) is 5.75 Å². The molecule has 0 atom stereocenters. The maximum Gasteiger partial charge on any atom is 0.128 e. The lowest BCUT2D eigenvalue weighted by Gasteiger charge is -2.18. The molecule has 0 amide bonds. The van der Waals surface area contributed by atoms with Gasteiger partial charge in [-0.3, -0.25) is 0 Å². The summed E-state index contributed by atoms with van der Waals surface area (Å²) in [5, 5.41) is 2.00. The van der Waals surface area contributed by atoms with Crippen molar-refractivity contribution in [3.05, 3.63) is 29.3 Å². The average Bonchev–Trinajstić information content (AvgIpc) is 2.90. The smallest absolute Gasteiger partial charge is 0.128 e. The van der Waals surface area contributed by atoms with Crippen molar-refractivity contribution in [3.63, 3.8) is 0 Å². The Balaban J connectivity index is 1.96. The summed E-state index contributed by atoms with van der Waals surface area (Å²) in [6.45, 7) is 0. The molecule has 1 aliphatic rings. The first-order valence-corrected chi connectivity index (χ1v) is 8.01. The van der Waals surface area contributed by atoms with Crippen LogP contribution in [0.1, 0.15) is 43.0 Å². The van der Waals surface area contributed by atoms with Crippen LogP contribution in [0.15, 0.2) is 24.3 Å². The van der Waals surface area contributed by atoms with Crippen LogP contribution in [0, 0.1) is 0 Å². The molecule has 3 nitrogen and oxygen atoms in total. The molecule has 0 spiro atoms. The van der Waals surface area contributed by atoms with E-state index in [-0.39, 0.29) is 0 Å². The van der Waals surface area contributed by atoms with Crippen molar-refractivity contribution >= 4 is 16.3 Å². The Morgan fingerprint density at radius 1 is 1.20 bits per heavy atom. The summed E-state index contributed by atoms with van der Waals surface area (Å²) in [6, 6.07) is 7.94. The molecule has 1 aromatic carbocycles. The van der Waals surface area contributed by atoms with Crippen LogP contribution >= 0.6 is 11.3 Å². The molecule has 3 rings (SSSR count). The third-order valence-corrected chi connectivity index (χ3v) is 5.03. The topological polar surface area (TPSA) is 48.1 Å². The molecule has 0 unspecified atom stereocenters. The minimum absolute atomic E-state index is 0.597.